The first-order chi connectivity index (χ1) is 24.3. The molecule has 3 N–H and O–H groups in total. The van der Waals surface area contributed by atoms with E-state index < -0.39 is 12.4 Å². The first-order valence-electron chi connectivity index (χ1n) is 20.8. The first kappa shape index (κ1) is 42.5. The molecule has 0 saturated heterocycles. The fraction of sp³-hybridized carbons (Fsp3) is 0.583. The number of benzene rings is 4. The molecule has 0 amide bonds. The van der Waals surface area contributed by atoms with Gasteiger partial charge in [-0.25, -0.2) is 0 Å². The average Bonchev–Trinajstić information content (AvgIpc) is 3.13. The minimum absolute atomic E-state index is 0.0385. The van der Waals surface area contributed by atoms with Gasteiger partial charge in [-0.1, -0.05) is 0 Å². The molecule has 4 heteroatoms. The van der Waals surface area contributed by atoms with Crippen LogP contribution in [0.2, 0.25) is 0 Å². The maximum atomic E-state index is 12.8. The van der Waals surface area contributed by atoms with Gasteiger partial charge in [0, 0.05) is 0 Å². The average molecular weight is 729 g/mol. The third-order valence-corrected chi connectivity index (χ3v) is 17.2. The van der Waals surface area contributed by atoms with Crippen LogP contribution in [-0.2, 0) is 6.42 Å². The van der Waals surface area contributed by atoms with Crippen LogP contribution >= 0.6 is 7.28 Å². The molecule has 0 aliphatic heterocycles. The summed E-state index contributed by atoms with van der Waals surface area (Å²) in [6.45, 7) is 30.7. The van der Waals surface area contributed by atoms with Crippen molar-refractivity contribution in [3.63, 3.8) is 0 Å². The van der Waals surface area contributed by atoms with Gasteiger partial charge in [0.05, 0.1) is 0 Å². The summed E-state index contributed by atoms with van der Waals surface area (Å²) in [4.78, 5) is 38.5. The van der Waals surface area contributed by atoms with Crippen molar-refractivity contribution in [3.05, 3.63) is 87.5 Å². The SMILES string of the molecule is CCC(C)c1cc(C(C)CC)c2cc(CC(C)(C)P(O)(O)(O)c3cc4c(C(C)CC)cc(C(C)CC)cc4cc3C(C)CC)c(C(C)CC)cc2c1. The Bertz CT molecular complexity index is 1860. The molecule has 0 heterocycles. The molecule has 0 radical (unpaired) electrons. The Balaban J connectivity index is 2.03. The van der Waals surface area contributed by atoms with E-state index in [1.807, 2.05) is 19.9 Å². The zero-order valence-electron chi connectivity index (χ0n) is 35.3. The topological polar surface area (TPSA) is 60.7 Å². The number of hydrogen-bond acceptors (Lipinski definition) is 3. The molecule has 4 aromatic carbocycles. The van der Waals surface area contributed by atoms with Crippen LogP contribution < -0.4 is 5.30 Å². The molecular weight excluding hydrogens is 655 g/mol. The number of hydrogen-bond donors (Lipinski definition) is 3. The van der Waals surface area contributed by atoms with Crippen molar-refractivity contribution in [2.45, 2.75) is 183 Å². The van der Waals surface area contributed by atoms with Crippen LogP contribution in [0.5, 0.6) is 0 Å². The van der Waals surface area contributed by atoms with Crippen molar-refractivity contribution in [2.75, 3.05) is 0 Å². The molecule has 0 bridgehead atoms. The van der Waals surface area contributed by atoms with Crippen molar-refractivity contribution < 1.29 is 14.7 Å². The monoisotopic (exact) mass is 729 g/mol. The van der Waals surface area contributed by atoms with E-state index in [9.17, 15) is 14.7 Å². The van der Waals surface area contributed by atoms with Gasteiger partial charge in [0.2, 0.25) is 0 Å². The van der Waals surface area contributed by atoms with Gasteiger partial charge in [0.15, 0.2) is 0 Å². The van der Waals surface area contributed by atoms with Gasteiger partial charge >= 0.3 is 319 Å². The zero-order valence-corrected chi connectivity index (χ0v) is 36.2. The van der Waals surface area contributed by atoms with Gasteiger partial charge in [-0.3, -0.25) is 0 Å². The van der Waals surface area contributed by atoms with E-state index in [0.717, 1.165) is 60.4 Å². The van der Waals surface area contributed by atoms with Crippen LogP contribution in [0.3, 0.4) is 0 Å². The van der Waals surface area contributed by atoms with Crippen molar-refractivity contribution in [2.24, 2.45) is 0 Å². The Hall–Kier alpha value is -2.29. The molecule has 4 rings (SSSR count). The van der Waals surface area contributed by atoms with Gasteiger partial charge < -0.3 is 0 Å². The van der Waals surface area contributed by atoms with E-state index in [2.05, 4.69) is 126 Å². The third-order valence-electron chi connectivity index (χ3n) is 13.5. The van der Waals surface area contributed by atoms with E-state index in [1.54, 1.807) is 0 Å². The molecule has 6 atom stereocenters. The molecule has 288 valence electrons. The van der Waals surface area contributed by atoms with Gasteiger partial charge in [0.25, 0.3) is 0 Å². The summed E-state index contributed by atoms with van der Waals surface area (Å²) in [6, 6.07) is 18.3. The second-order valence-corrected chi connectivity index (χ2v) is 21.1. The molecule has 0 aliphatic carbocycles. The summed E-state index contributed by atoms with van der Waals surface area (Å²) in [5.41, 5.74) is 8.49. The second kappa shape index (κ2) is 16.2. The standard InChI is InChI=1S/C48H73O3P/c1-15-30(7)36-21-38-25-41(32(9)17-3)40(27-45(38)42(23-36)33(10)18-4)29-48(13,14)52(49,50,51)47-28-46-39(26-44(47)35(12)20-6)22-37(31(8)16-2)24-43(46)34(11)19-5/h21-28,30-35,49-51H,15-20,29H2,1-14H3. The fourth-order valence-corrected chi connectivity index (χ4v) is 10.3. The Labute approximate surface area is 317 Å². The van der Waals surface area contributed by atoms with Crippen LogP contribution in [0, 0.1) is 0 Å². The molecule has 4 aromatic rings. The van der Waals surface area contributed by atoms with Crippen LogP contribution in [0.15, 0.2) is 48.5 Å². The molecule has 0 saturated carbocycles. The van der Waals surface area contributed by atoms with Crippen LogP contribution in [0.25, 0.3) is 21.5 Å². The number of fused-ring (bicyclic) bond motifs is 2. The van der Waals surface area contributed by atoms with Gasteiger partial charge in [-0.05, 0) is 0 Å². The van der Waals surface area contributed by atoms with Crippen LogP contribution in [0.1, 0.15) is 210 Å². The van der Waals surface area contributed by atoms with Crippen molar-refractivity contribution in [1.29, 1.82) is 0 Å². The van der Waals surface area contributed by atoms with E-state index in [4.69, 9.17) is 0 Å². The van der Waals surface area contributed by atoms with E-state index >= 15 is 0 Å². The molecule has 0 spiro atoms. The van der Waals surface area contributed by atoms with Crippen molar-refractivity contribution in [3.8, 4) is 0 Å². The number of rotatable bonds is 16. The molecule has 0 aromatic heterocycles. The summed E-state index contributed by atoms with van der Waals surface area (Å²) in [5, 5.41) is 3.74. The van der Waals surface area contributed by atoms with Crippen LogP contribution in [-0.4, -0.2) is 19.8 Å². The Morgan fingerprint density at radius 1 is 0.462 bits per heavy atom. The minimum atomic E-state index is -5.57. The van der Waals surface area contributed by atoms with Crippen molar-refractivity contribution >= 4 is 34.1 Å². The summed E-state index contributed by atoms with van der Waals surface area (Å²) >= 11 is 0. The second-order valence-electron chi connectivity index (χ2n) is 17.4. The maximum absolute atomic E-state index is 12.8. The van der Waals surface area contributed by atoms with Gasteiger partial charge in [0.1, 0.15) is 0 Å². The van der Waals surface area contributed by atoms with E-state index in [1.165, 1.54) is 38.6 Å². The molecule has 0 fully saturated rings. The quantitative estimate of drug-likeness (QED) is 0.101. The normalized spacial score (nSPS) is 17.1. The molecular formula is C48H73O3P. The predicted octanol–water partition coefficient (Wildman–Crippen LogP) is 14.0. The Morgan fingerprint density at radius 3 is 1.25 bits per heavy atom. The third kappa shape index (κ3) is 7.91. The zero-order chi connectivity index (χ0) is 38.9. The molecule has 3 nitrogen and oxygen atoms in total. The summed E-state index contributed by atoms with van der Waals surface area (Å²) < 4.78 is 0. The summed E-state index contributed by atoms with van der Waals surface area (Å²) in [7, 11) is -5.57. The molecule has 0 aliphatic rings. The molecule has 52 heavy (non-hydrogen) atoms. The summed E-state index contributed by atoms with van der Waals surface area (Å²) in [6.07, 6.45) is 6.33. The van der Waals surface area contributed by atoms with Gasteiger partial charge in [-0.15, -0.1) is 0 Å². The van der Waals surface area contributed by atoms with Crippen LogP contribution in [0.4, 0.5) is 0 Å². The van der Waals surface area contributed by atoms with E-state index in [0.29, 0.717) is 35.4 Å². The van der Waals surface area contributed by atoms with Gasteiger partial charge in [-0.2, -0.15) is 0 Å². The first-order valence-corrected chi connectivity index (χ1v) is 22.9. The van der Waals surface area contributed by atoms with E-state index in [-0.39, 0.29) is 11.8 Å². The summed E-state index contributed by atoms with van der Waals surface area (Å²) in [5.74, 6) is 1.91. The molecule has 6 unspecified atom stereocenters. The predicted molar refractivity (Wildman–Crippen MR) is 231 cm³/mol. The Kier molecular flexibility index (Phi) is 13.2. The fourth-order valence-electron chi connectivity index (χ4n) is 8.03. The Morgan fingerprint density at radius 2 is 0.827 bits per heavy atom. The van der Waals surface area contributed by atoms with Crippen molar-refractivity contribution in [1.82, 2.24) is 0 Å².